The average Bonchev–Trinajstić information content (AvgIpc) is 3.19. The zero-order chi connectivity index (χ0) is 27.1. The van der Waals surface area contributed by atoms with E-state index in [0.717, 1.165) is 11.1 Å². The molecule has 3 aromatic rings. The number of allylic oxidation sites excluding steroid dienone is 2. The maximum Gasteiger partial charge on any atom is 0.336 e. The summed E-state index contributed by atoms with van der Waals surface area (Å²) in [6.07, 6.45) is 0. The summed E-state index contributed by atoms with van der Waals surface area (Å²) in [6.45, 7) is 2.02. The predicted octanol–water partition coefficient (Wildman–Crippen LogP) is 7.08. The first-order valence-electron chi connectivity index (χ1n) is 11.6. The van der Waals surface area contributed by atoms with Crippen molar-refractivity contribution in [2.75, 3.05) is 14.2 Å². The molecule has 1 atom stereocenters. The van der Waals surface area contributed by atoms with Gasteiger partial charge in [0, 0.05) is 26.9 Å². The summed E-state index contributed by atoms with van der Waals surface area (Å²) >= 11 is 15.8. The molecule has 1 aliphatic heterocycles. The van der Waals surface area contributed by atoms with Gasteiger partial charge in [-0.3, -0.25) is 4.79 Å². The van der Waals surface area contributed by atoms with Crippen LogP contribution in [0.1, 0.15) is 39.9 Å². The van der Waals surface area contributed by atoms with Crippen molar-refractivity contribution < 1.29 is 23.8 Å². The molecule has 5 rings (SSSR count). The van der Waals surface area contributed by atoms with Crippen LogP contribution in [0.15, 0.2) is 75.9 Å². The van der Waals surface area contributed by atoms with Crippen LogP contribution >= 0.6 is 39.1 Å². The van der Waals surface area contributed by atoms with E-state index in [9.17, 15) is 9.59 Å². The third-order valence-corrected chi connectivity index (χ3v) is 8.05. The lowest BCUT2D eigenvalue weighted by Gasteiger charge is -2.30. The van der Waals surface area contributed by atoms with Gasteiger partial charge in [0.05, 0.1) is 41.5 Å². The number of dihydropyridines is 1. The Morgan fingerprint density at radius 3 is 2.42 bits per heavy atom. The Labute approximate surface area is 238 Å². The maximum absolute atomic E-state index is 13.7. The van der Waals surface area contributed by atoms with Crippen molar-refractivity contribution in [3.05, 3.63) is 108 Å². The monoisotopic (exact) mass is 613 g/mol. The second-order valence-electron chi connectivity index (χ2n) is 8.81. The third-order valence-electron chi connectivity index (χ3n) is 6.63. The van der Waals surface area contributed by atoms with Crippen molar-refractivity contribution in [3.8, 4) is 11.5 Å². The van der Waals surface area contributed by atoms with Gasteiger partial charge in [0.1, 0.15) is 6.61 Å². The minimum absolute atomic E-state index is 0.146. The average molecular weight is 615 g/mol. The standard InChI is InChI=1S/C29H22BrCl2NO5/c1-14-24(29(35)37-3)25(26-27(33-14)16-6-4-5-7-17(16)28(26)34)18-11-22(36-2)23(12-19(18)30)38-13-15-8-9-20(31)21(32)10-15/h4-12,25,33H,13H2,1-3H3/t25-/m1/s1. The van der Waals surface area contributed by atoms with Crippen molar-refractivity contribution in [1.82, 2.24) is 5.32 Å². The number of fused-ring (bicyclic) bond motifs is 2. The smallest absolute Gasteiger partial charge is 0.336 e. The van der Waals surface area contributed by atoms with E-state index < -0.39 is 11.9 Å². The molecule has 2 aliphatic rings. The molecular weight excluding hydrogens is 593 g/mol. The molecule has 0 unspecified atom stereocenters. The SMILES string of the molecule is COC(=O)C1=C(C)NC2=C(C(=O)c3ccccc32)[C@@H]1c1cc(OC)c(OCc2ccc(Cl)c(Cl)c2)cc1Br. The Hall–Kier alpha value is -3.26. The molecule has 0 fully saturated rings. The van der Waals surface area contributed by atoms with E-state index in [1.807, 2.05) is 24.3 Å². The van der Waals surface area contributed by atoms with Crippen molar-refractivity contribution in [3.63, 3.8) is 0 Å². The van der Waals surface area contributed by atoms with Gasteiger partial charge in [-0.05, 0) is 42.3 Å². The van der Waals surface area contributed by atoms with Gasteiger partial charge in [-0.2, -0.15) is 0 Å². The van der Waals surface area contributed by atoms with Crippen LogP contribution in [0.5, 0.6) is 11.5 Å². The van der Waals surface area contributed by atoms with E-state index in [1.54, 1.807) is 37.3 Å². The van der Waals surface area contributed by atoms with Gasteiger partial charge in [-0.25, -0.2) is 4.79 Å². The van der Waals surface area contributed by atoms with Gasteiger partial charge in [-0.1, -0.05) is 69.5 Å². The number of hydrogen-bond acceptors (Lipinski definition) is 6. The summed E-state index contributed by atoms with van der Waals surface area (Å²) in [5, 5.41) is 4.18. The van der Waals surface area contributed by atoms with Crippen LogP contribution in [-0.2, 0) is 16.1 Å². The van der Waals surface area contributed by atoms with Gasteiger partial charge in [-0.15, -0.1) is 0 Å². The minimum atomic E-state index is -0.703. The van der Waals surface area contributed by atoms with E-state index in [4.69, 9.17) is 37.4 Å². The van der Waals surface area contributed by atoms with E-state index >= 15 is 0 Å². The number of Topliss-reactive ketones (excluding diaryl/α,β-unsaturated/α-hetero) is 1. The van der Waals surface area contributed by atoms with E-state index in [2.05, 4.69) is 21.2 Å². The molecule has 0 spiro atoms. The first kappa shape index (κ1) is 26.4. The molecule has 194 valence electrons. The number of ether oxygens (including phenoxy) is 3. The molecule has 0 saturated carbocycles. The highest BCUT2D eigenvalue weighted by Crippen LogP contribution is 2.50. The third kappa shape index (κ3) is 4.49. The summed E-state index contributed by atoms with van der Waals surface area (Å²) in [4.78, 5) is 26.7. The molecule has 1 N–H and O–H groups in total. The number of nitrogens with one attached hydrogen (secondary N) is 1. The first-order valence-corrected chi connectivity index (χ1v) is 13.2. The zero-order valence-electron chi connectivity index (χ0n) is 20.7. The fourth-order valence-corrected chi connectivity index (χ4v) is 5.73. The minimum Gasteiger partial charge on any atom is -0.493 e. The second-order valence-corrected chi connectivity index (χ2v) is 10.5. The fraction of sp³-hybridized carbons (Fsp3) is 0.172. The van der Waals surface area contributed by atoms with Crippen molar-refractivity contribution in [1.29, 1.82) is 0 Å². The normalized spacial score (nSPS) is 16.2. The maximum atomic E-state index is 13.7. The summed E-state index contributed by atoms with van der Waals surface area (Å²) in [6, 6.07) is 16.2. The number of benzene rings is 3. The van der Waals surface area contributed by atoms with Crippen LogP contribution in [0.3, 0.4) is 0 Å². The van der Waals surface area contributed by atoms with Crippen molar-refractivity contribution in [2.24, 2.45) is 0 Å². The van der Waals surface area contributed by atoms with Crippen molar-refractivity contribution >= 4 is 56.6 Å². The molecule has 3 aromatic carbocycles. The molecule has 1 heterocycles. The highest BCUT2D eigenvalue weighted by Gasteiger charge is 2.43. The van der Waals surface area contributed by atoms with E-state index in [0.29, 0.717) is 59.7 Å². The van der Waals surface area contributed by atoms with Crippen LogP contribution in [-0.4, -0.2) is 26.0 Å². The molecule has 0 radical (unpaired) electrons. The Kier molecular flexibility index (Phi) is 7.27. The molecule has 0 saturated heterocycles. The van der Waals surface area contributed by atoms with E-state index in [1.165, 1.54) is 14.2 Å². The fourth-order valence-electron chi connectivity index (χ4n) is 4.86. The number of ketones is 1. The Morgan fingerprint density at radius 1 is 1.00 bits per heavy atom. The van der Waals surface area contributed by atoms with Gasteiger partial charge >= 0.3 is 5.97 Å². The number of methoxy groups -OCH3 is 2. The van der Waals surface area contributed by atoms with Crippen LogP contribution in [0.4, 0.5) is 0 Å². The summed E-state index contributed by atoms with van der Waals surface area (Å²) in [7, 11) is 2.86. The highest BCUT2D eigenvalue weighted by atomic mass is 79.9. The molecule has 0 aromatic heterocycles. The molecular formula is C29H22BrCl2NO5. The topological polar surface area (TPSA) is 73.9 Å². The van der Waals surface area contributed by atoms with Gasteiger partial charge in [0.15, 0.2) is 17.3 Å². The van der Waals surface area contributed by atoms with E-state index in [-0.39, 0.29) is 12.4 Å². The lowest BCUT2D eigenvalue weighted by molar-refractivity contribution is -0.136. The van der Waals surface area contributed by atoms with Crippen LogP contribution in [0.2, 0.25) is 10.0 Å². The van der Waals surface area contributed by atoms with Gasteiger partial charge < -0.3 is 19.5 Å². The summed E-state index contributed by atoms with van der Waals surface area (Å²) in [5.74, 6) is -0.465. The highest BCUT2D eigenvalue weighted by molar-refractivity contribution is 9.10. The van der Waals surface area contributed by atoms with Gasteiger partial charge in [0.2, 0.25) is 0 Å². The van der Waals surface area contributed by atoms with Crippen LogP contribution in [0, 0.1) is 0 Å². The largest absolute Gasteiger partial charge is 0.493 e. The van der Waals surface area contributed by atoms with Crippen LogP contribution < -0.4 is 14.8 Å². The molecule has 0 amide bonds. The number of halogens is 3. The molecule has 0 bridgehead atoms. The number of carbonyl (C=O) groups is 2. The second kappa shape index (κ2) is 10.5. The number of rotatable bonds is 6. The Balaban J connectivity index is 1.59. The number of esters is 1. The molecule has 1 aliphatic carbocycles. The predicted molar refractivity (Wildman–Crippen MR) is 150 cm³/mol. The Morgan fingerprint density at radius 2 is 1.74 bits per heavy atom. The molecule has 38 heavy (non-hydrogen) atoms. The lowest BCUT2D eigenvalue weighted by atomic mass is 9.79. The molecule has 9 heteroatoms. The van der Waals surface area contributed by atoms with Crippen LogP contribution in [0.25, 0.3) is 5.70 Å². The first-order chi connectivity index (χ1) is 18.2. The number of carbonyl (C=O) groups excluding carboxylic acids is 2. The Bertz CT molecular complexity index is 1560. The summed E-state index contributed by atoms with van der Waals surface area (Å²) < 4.78 is 17.5. The lowest BCUT2D eigenvalue weighted by Crippen LogP contribution is -2.29. The zero-order valence-corrected chi connectivity index (χ0v) is 23.8. The number of hydrogen-bond donors (Lipinski definition) is 1. The summed E-state index contributed by atoms with van der Waals surface area (Å²) in [5.41, 5.74) is 4.99. The van der Waals surface area contributed by atoms with Gasteiger partial charge in [0.25, 0.3) is 0 Å². The molecule has 6 nitrogen and oxygen atoms in total. The van der Waals surface area contributed by atoms with Crippen molar-refractivity contribution in [2.45, 2.75) is 19.4 Å². The quantitative estimate of drug-likeness (QED) is 0.299.